The lowest BCUT2D eigenvalue weighted by molar-refractivity contribution is 0.204. The van der Waals surface area contributed by atoms with Gasteiger partial charge in [-0.1, -0.05) is 12.1 Å². The van der Waals surface area contributed by atoms with Crippen LogP contribution in [-0.2, 0) is 6.42 Å². The summed E-state index contributed by atoms with van der Waals surface area (Å²) in [4.78, 5) is 7.21. The van der Waals surface area contributed by atoms with E-state index in [1.807, 2.05) is 12.1 Å². The molecule has 18 heavy (non-hydrogen) atoms. The molecular formula is C14H23N3O. The second-order valence-corrected chi connectivity index (χ2v) is 4.92. The van der Waals surface area contributed by atoms with Crippen molar-refractivity contribution in [3.63, 3.8) is 0 Å². The van der Waals surface area contributed by atoms with Gasteiger partial charge in [-0.05, 0) is 57.1 Å². The molecule has 1 aromatic rings. The van der Waals surface area contributed by atoms with Gasteiger partial charge in [0, 0.05) is 12.6 Å². The predicted molar refractivity (Wildman–Crippen MR) is 73.5 cm³/mol. The minimum Gasteiger partial charge on any atom is -0.412 e. The van der Waals surface area contributed by atoms with Gasteiger partial charge in [0.05, 0.1) is 0 Å². The number of nitrogens with zero attached hydrogens (tertiary/aromatic N) is 1. The van der Waals surface area contributed by atoms with Gasteiger partial charge in [0.1, 0.15) is 5.75 Å². The Hall–Kier alpha value is -1.10. The molecular weight excluding hydrogens is 226 g/mol. The van der Waals surface area contributed by atoms with E-state index in [0.717, 1.165) is 13.0 Å². The van der Waals surface area contributed by atoms with Crippen molar-refractivity contribution in [1.29, 1.82) is 0 Å². The van der Waals surface area contributed by atoms with Gasteiger partial charge in [0.15, 0.2) is 0 Å². The van der Waals surface area contributed by atoms with E-state index in [4.69, 9.17) is 5.90 Å². The number of piperidine rings is 1. The highest BCUT2D eigenvalue weighted by Crippen LogP contribution is 2.13. The van der Waals surface area contributed by atoms with Gasteiger partial charge in [-0.2, -0.15) is 5.90 Å². The maximum Gasteiger partial charge on any atom is 0.146 e. The minimum atomic E-state index is 0.710. The summed E-state index contributed by atoms with van der Waals surface area (Å²) in [7, 11) is 2.06. The molecule has 0 bridgehead atoms. The topological polar surface area (TPSA) is 50.5 Å². The van der Waals surface area contributed by atoms with Crippen molar-refractivity contribution in [1.82, 2.24) is 10.2 Å². The first kappa shape index (κ1) is 13.3. The molecule has 0 saturated carbocycles. The molecule has 0 unspecified atom stereocenters. The lowest BCUT2D eigenvalue weighted by Crippen LogP contribution is -2.41. The van der Waals surface area contributed by atoms with Crippen molar-refractivity contribution in [3.05, 3.63) is 29.8 Å². The first-order valence-electron chi connectivity index (χ1n) is 6.67. The average Bonchev–Trinajstić information content (AvgIpc) is 2.46. The number of benzene rings is 1. The van der Waals surface area contributed by atoms with Crippen LogP contribution in [0.1, 0.15) is 18.4 Å². The molecule has 0 aromatic heterocycles. The first-order valence-corrected chi connectivity index (χ1v) is 6.67. The number of hydrogen-bond donors (Lipinski definition) is 2. The van der Waals surface area contributed by atoms with Crippen molar-refractivity contribution in [2.45, 2.75) is 25.3 Å². The molecule has 0 amide bonds. The molecule has 0 radical (unpaired) electrons. The Balaban J connectivity index is 1.74. The predicted octanol–water partition coefficient (Wildman–Crippen LogP) is 1.17. The summed E-state index contributed by atoms with van der Waals surface area (Å²) in [5.41, 5.74) is 1.34. The SMILES string of the molecule is CNC1CCN(CCc2ccc(ON)cc2)CC1. The monoisotopic (exact) mass is 249 g/mol. The highest BCUT2D eigenvalue weighted by molar-refractivity contribution is 5.27. The molecule has 1 aliphatic rings. The lowest BCUT2D eigenvalue weighted by Gasteiger charge is -2.31. The van der Waals surface area contributed by atoms with Gasteiger partial charge in [-0.15, -0.1) is 0 Å². The summed E-state index contributed by atoms with van der Waals surface area (Å²) in [6, 6.07) is 8.72. The molecule has 0 spiro atoms. The summed E-state index contributed by atoms with van der Waals surface area (Å²) in [6.45, 7) is 3.55. The molecule has 1 aliphatic heterocycles. The Morgan fingerprint density at radius 3 is 2.50 bits per heavy atom. The summed E-state index contributed by atoms with van der Waals surface area (Å²) in [5, 5.41) is 3.36. The molecule has 4 nitrogen and oxygen atoms in total. The highest BCUT2D eigenvalue weighted by atomic mass is 16.6. The number of hydrogen-bond acceptors (Lipinski definition) is 4. The molecule has 1 aromatic carbocycles. The van der Waals surface area contributed by atoms with E-state index in [-0.39, 0.29) is 0 Å². The van der Waals surface area contributed by atoms with Crippen molar-refractivity contribution in [3.8, 4) is 5.75 Å². The smallest absolute Gasteiger partial charge is 0.146 e. The quantitative estimate of drug-likeness (QED) is 0.769. The highest BCUT2D eigenvalue weighted by Gasteiger charge is 2.16. The van der Waals surface area contributed by atoms with Crippen molar-refractivity contribution in [2.75, 3.05) is 26.7 Å². The summed E-state index contributed by atoms with van der Waals surface area (Å²) < 4.78 is 0. The molecule has 100 valence electrons. The van der Waals surface area contributed by atoms with E-state index in [9.17, 15) is 0 Å². The van der Waals surface area contributed by atoms with Crippen molar-refractivity contribution < 1.29 is 4.84 Å². The van der Waals surface area contributed by atoms with Crippen LogP contribution in [0.2, 0.25) is 0 Å². The Kier molecular flexibility index (Phi) is 4.99. The molecule has 3 N–H and O–H groups in total. The van der Waals surface area contributed by atoms with E-state index in [0.29, 0.717) is 11.8 Å². The fourth-order valence-electron chi connectivity index (χ4n) is 2.47. The normalized spacial score (nSPS) is 17.9. The van der Waals surface area contributed by atoms with Gasteiger partial charge in [0.25, 0.3) is 0 Å². The van der Waals surface area contributed by atoms with Crippen LogP contribution in [0.5, 0.6) is 5.75 Å². The summed E-state index contributed by atoms with van der Waals surface area (Å²) in [6.07, 6.45) is 3.61. The number of likely N-dealkylation sites (tertiary alicyclic amines) is 1. The lowest BCUT2D eigenvalue weighted by atomic mass is 10.0. The average molecular weight is 249 g/mol. The minimum absolute atomic E-state index is 0.710. The van der Waals surface area contributed by atoms with Crippen LogP contribution in [0.4, 0.5) is 0 Å². The fourth-order valence-corrected chi connectivity index (χ4v) is 2.47. The maximum atomic E-state index is 5.10. The Morgan fingerprint density at radius 1 is 1.28 bits per heavy atom. The van der Waals surface area contributed by atoms with Crippen LogP contribution in [0.15, 0.2) is 24.3 Å². The summed E-state index contributed by atoms with van der Waals surface area (Å²) >= 11 is 0. The Morgan fingerprint density at radius 2 is 1.94 bits per heavy atom. The fraction of sp³-hybridized carbons (Fsp3) is 0.571. The number of nitrogens with two attached hydrogens (primary N) is 1. The largest absolute Gasteiger partial charge is 0.412 e. The van der Waals surface area contributed by atoms with Crippen LogP contribution >= 0.6 is 0 Å². The van der Waals surface area contributed by atoms with Gasteiger partial charge >= 0.3 is 0 Å². The Labute approximate surface area is 109 Å². The van der Waals surface area contributed by atoms with E-state index in [2.05, 4.69) is 34.2 Å². The van der Waals surface area contributed by atoms with Gasteiger partial charge in [-0.3, -0.25) is 0 Å². The molecule has 1 fully saturated rings. The standard InChI is InChI=1S/C14H23N3O/c1-16-13-7-10-17(11-8-13)9-6-12-2-4-14(18-15)5-3-12/h2-5,13,16H,6-11,15H2,1H3. The zero-order chi connectivity index (χ0) is 12.8. The zero-order valence-electron chi connectivity index (χ0n) is 11.1. The molecule has 1 saturated heterocycles. The van der Waals surface area contributed by atoms with Gasteiger partial charge in [-0.25, -0.2) is 0 Å². The second kappa shape index (κ2) is 6.73. The van der Waals surface area contributed by atoms with Crippen LogP contribution in [0.25, 0.3) is 0 Å². The third kappa shape index (κ3) is 3.70. The maximum absolute atomic E-state index is 5.10. The molecule has 0 aliphatic carbocycles. The van der Waals surface area contributed by atoms with Crippen molar-refractivity contribution in [2.24, 2.45) is 5.90 Å². The molecule has 2 rings (SSSR count). The number of nitrogens with one attached hydrogen (secondary N) is 1. The summed E-state index contributed by atoms with van der Waals surface area (Å²) in [5.74, 6) is 5.82. The zero-order valence-corrected chi connectivity index (χ0v) is 11.1. The third-order valence-electron chi connectivity index (χ3n) is 3.77. The van der Waals surface area contributed by atoms with E-state index in [1.165, 1.54) is 31.5 Å². The third-order valence-corrected chi connectivity index (χ3v) is 3.77. The van der Waals surface area contributed by atoms with Crippen LogP contribution in [0.3, 0.4) is 0 Å². The van der Waals surface area contributed by atoms with Gasteiger partial charge < -0.3 is 15.1 Å². The Bertz CT molecular complexity index is 345. The van der Waals surface area contributed by atoms with Crippen molar-refractivity contribution >= 4 is 0 Å². The van der Waals surface area contributed by atoms with Gasteiger partial charge in [0.2, 0.25) is 0 Å². The molecule has 4 heteroatoms. The van der Waals surface area contributed by atoms with E-state index in [1.54, 1.807) is 0 Å². The van der Waals surface area contributed by atoms with E-state index >= 15 is 0 Å². The van der Waals surface area contributed by atoms with Crippen LogP contribution < -0.4 is 16.1 Å². The first-order chi connectivity index (χ1) is 8.81. The van der Waals surface area contributed by atoms with E-state index < -0.39 is 0 Å². The number of rotatable bonds is 5. The van der Waals surface area contributed by atoms with Crippen LogP contribution in [-0.4, -0.2) is 37.6 Å². The molecule has 1 heterocycles. The molecule has 0 atom stereocenters. The second-order valence-electron chi connectivity index (χ2n) is 4.92. The van der Waals surface area contributed by atoms with Crippen LogP contribution in [0, 0.1) is 0 Å².